The molecule has 290 valence electrons. The Morgan fingerprint density at radius 2 is 1.37 bits per heavy atom. The van der Waals surface area contributed by atoms with Gasteiger partial charge in [0.15, 0.2) is 11.4 Å². The molecule has 54 heavy (non-hydrogen) atoms. The zero-order valence-corrected chi connectivity index (χ0v) is 33.3. The maximum absolute atomic E-state index is 13.4. The molecule has 0 aromatic carbocycles. The Morgan fingerprint density at radius 3 is 2.04 bits per heavy atom. The van der Waals surface area contributed by atoms with Gasteiger partial charge < -0.3 is 24.1 Å². The first kappa shape index (κ1) is 42.4. The quantitative estimate of drug-likeness (QED) is 0.219. The first-order valence-electron chi connectivity index (χ1n) is 18.7. The molecule has 2 aromatic heterocycles. The molecule has 9 nitrogen and oxygen atoms in total. The van der Waals surface area contributed by atoms with Crippen LogP contribution in [0.25, 0.3) is 6.08 Å². The summed E-state index contributed by atoms with van der Waals surface area (Å²) in [5, 5.41) is 24.4. The monoisotopic (exact) mass is 756 g/mol. The minimum Gasteiger partial charge on any atom is -0.457 e. The molecule has 10 heteroatoms. The second-order valence-corrected chi connectivity index (χ2v) is 16.1. The van der Waals surface area contributed by atoms with Crippen LogP contribution >= 0.6 is 11.3 Å². The SMILES string of the molecule is C/C=C/[C@H](O)C(C)(C)[C@@H]1C\C=C/C=C\C=C\[C@H](C)Cc2nc(cs2)C(=O)O[C@H](C(C)(C)[C@@H](O)/C=C/C)C/C=C\[C@H]2C[C@H]2/C=C/C=C\c2nc(co2)C(=O)O1. The summed E-state index contributed by atoms with van der Waals surface area (Å²) in [5.41, 5.74) is -1.22. The van der Waals surface area contributed by atoms with Crippen molar-refractivity contribution in [3.8, 4) is 0 Å². The average Bonchev–Trinajstić information content (AvgIpc) is 3.45. The normalized spacial score (nSPS) is 28.6. The molecule has 0 spiro atoms. The Balaban J connectivity index is 1.56. The number of esters is 2. The maximum atomic E-state index is 13.4. The number of thiazole rings is 1. The number of carbonyl (C=O) groups is 2. The van der Waals surface area contributed by atoms with Crippen LogP contribution in [0, 0.1) is 28.6 Å². The van der Waals surface area contributed by atoms with Crippen molar-refractivity contribution in [3.63, 3.8) is 0 Å². The number of carbonyl (C=O) groups excluding carboxylic acids is 2. The van der Waals surface area contributed by atoms with Gasteiger partial charge in [-0.15, -0.1) is 11.3 Å². The Labute approximate surface area is 324 Å². The van der Waals surface area contributed by atoms with Crippen LogP contribution in [0.15, 0.2) is 107 Å². The number of rotatable bonds is 6. The van der Waals surface area contributed by atoms with Crippen molar-refractivity contribution in [2.24, 2.45) is 28.6 Å². The highest BCUT2D eigenvalue weighted by Gasteiger charge is 2.39. The third-order valence-corrected chi connectivity index (χ3v) is 10.9. The van der Waals surface area contributed by atoms with Gasteiger partial charge in [-0.05, 0) is 38.0 Å². The van der Waals surface area contributed by atoms with Gasteiger partial charge in [0.25, 0.3) is 0 Å². The molecule has 1 aliphatic carbocycles. The van der Waals surface area contributed by atoms with E-state index in [1.807, 2.05) is 90.2 Å². The van der Waals surface area contributed by atoms with Gasteiger partial charge in [0.05, 0.1) is 17.2 Å². The van der Waals surface area contributed by atoms with Gasteiger partial charge in [0.2, 0.25) is 5.89 Å². The Morgan fingerprint density at radius 1 is 0.778 bits per heavy atom. The van der Waals surface area contributed by atoms with Crippen LogP contribution in [0.4, 0.5) is 0 Å². The first-order valence-corrected chi connectivity index (χ1v) is 19.6. The number of allylic oxidation sites excluding steroid dienone is 11. The lowest BCUT2D eigenvalue weighted by Gasteiger charge is -2.36. The largest absolute Gasteiger partial charge is 0.457 e. The van der Waals surface area contributed by atoms with Crippen LogP contribution in [0.2, 0.25) is 0 Å². The highest BCUT2D eigenvalue weighted by molar-refractivity contribution is 7.09. The van der Waals surface area contributed by atoms with E-state index in [0.717, 1.165) is 11.4 Å². The molecular weight excluding hydrogens is 701 g/mol. The van der Waals surface area contributed by atoms with Crippen molar-refractivity contribution < 1.29 is 33.7 Å². The van der Waals surface area contributed by atoms with Crippen LogP contribution in [0.5, 0.6) is 0 Å². The molecule has 0 amide bonds. The van der Waals surface area contributed by atoms with E-state index in [-0.39, 0.29) is 23.2 Å². The highest BCUT2D eigenvalue weighted by atomic mass is 32.1. The van der Waals surface area contributed by atoms with Crippen LogP contribution in [-0.2, 0) is 15.9 Å². The van der Waals surface area contributed by atoms with Gasteiger partial charge in [0.1, 0.15) is 18.5 Å². The molecular formula is C44H56N2O7S. The second kappa shape index (κ2) is 19.8. The van der Waals surface area contributed by atoms with Crippen molar-refractivity contribution in [3.05, 3.63) is 125 Å². The standard InChI is InChI=1S/C44H56N2O7S/c1-8-18-35(47)43(4,5)37-23-14-12-10-11-13-20-30(3)26-40-46-34(29-54-40)42(50)53-38(44(6,7)36(48)19-9-2)24-17-22-32-27-31(32)21-15-16-25-39-45-33(28-51-39)41(49)52-37/h8-22,25,28-32,35-38,47-48H,23-24,26-27H2,1-7H3/b11-10-,14-12-,18-8+,19-9+,20-13+,21-15+,22-17-,25-16-/t30-,31+,32-,35-,36-,37-,38-/m0/s1. The molecule has 4 bridgehead atoms. The average molecular weight is 757 g/mol. The zero-order chi connectivity index (χ0) is 39.3. The van der Waals surface area contributed by atoms with E-state index < -0.39 is 47.2 Å². The summed E-state index contributed by atoms with van der Waals surface area (Å²) in [4.78, 5) is 35.5. The number of ether oxygens (including phenoxy) is 2. The molecule has 0 radical (unpaired) electrons. The fourth-order valence-electron chi connectivity index (χ4n) is 5.99. The lowest BCUT2D eigenvalue weighted by atomic mass is 9.79. The van der Waals surface area contributed by atoms with Crippen LogP contribution in [-0.4, -0.2) is 56.5 Å². The molecule has 2 aromatic rings. The molecule has 0 unspecified atom stereocenters. The summed E-state index contributed by atoms with van der Waals surface area (Å²) in [5.74, 6) is 0.0161. The first-order chi connectivity index (χ1) is 25.8. The summed E-state index contributed by atoms with van der Waals surface area (Å²) in [6.07, 6.45) is 31.2. The number of aliphatic hydroxyl groups excluding tert-OH is 2. The van der Waals surface area contributed by atoms with E-state index in [1.54, 1.807) is 35.8 Å². The minimum absolute atomic E-state index is 0.0505. The molecule has 2 aliphatic rings. The number of aromatic nitrogens is 2. The van der Waals surface area contributed by atoms with Crippen molar-refractivity contribution in [1.29, 1.82) is 0 Å². The lowest BCUT2D eigenvalue weighted by molar-refractivity contribution is -0.0461. The fraction of sp³-hybridized carbons (Fsp3) is 0.455. The summed E-state index contributed by atoms with van der Waals surface area (Å²) >= 11 is 1.43. The minimum atomic E-state index is -0.841. The van der Waals surface area contributed by atoms with Gasteiger partial charge in [0, 0.05) is 41.5 Å². The predicted molar refractivity (Wildman–Crippen MR) is 215 cm³/mol. The predicted octanol–water partition coefficient (Wildman–Crippen LogP) is 9.21. The molecule has 0 saturated heterocycles. The van der Waals surface area contributed by atoms with Crippen molar-refractivity contribution in [2.45, 2.75) is 98.6 Å². The van der Waals surface area contributed by atoms with Crippen molar-refractivity contribution >= 4 is 29.4 Å². The molecule has 3 heterocycles. The molecule has 2 N–H and O–H groups in total. The summed E-state index contributed by atoms with van der Waals surface area (Å²) in [7, 11) is 0. The number of hydrogen-bond acceptors (Lipinski definition) is 10. The van der Waals surface area contributed by atoms with Crippen LogP contribution < -0.4 is 0 Å². The molecule has 1 aliphatic heterocycles. The Bertz CT molecular complexity index is 1790. The number of cyclic esters (lactones) is 2. The van der Waals surface area contributed by atoms with E-state index in [0.29, 0.717) is 31.1 Å². The number of oxazole rings is 1. The molecule has 4 rings (SSSR count). The van der Waals surface area contributed by atoms with Gasteiger partial charge >= 0.3 is 11.9 Å². The third kappa shape index (κ3) is 12.1. The lowest BCUT2D eigenvalue weighted by Crippen LogP contribution is -2.42. The molecule has 1 saturated carbocycles. The number of aliphatic hydroxyl groups is 2. The topological polar surface area (TPSA) is 132 Å². The van der Waals surface area contributed by atoms with E-state index >= 15 is 0 Å². The highest BCUT2D eigenvalue weighted by Crippen LogP contribution is 2.41. The third-order valence-electron chi connectivity index (χ3n) is 10.0. The Hall–Kier alpha value is -4.38. The van der Waals surface area contributed by atoms with Crippen molar-refractivity contribution in [1.82, 2.24) is 9.97 Å². The summed E-state index contributed by atoms with van der Waals surface area (Å²) < 4.78 is 17.5. The zero-order valence-electron chi connectivity index (χ0n) is 32.5. The van der Waals surface area contributed by atoms with Crippen molar-refractivity contribution in [2.75, 3.05) is 0 Å². The van der Waals surface area contributed by atoms with Crippen LogP contribution in [0.1, 0.15) is 99.6 Å². The summed E-state index contributed by atoms with van der Waals surface area (Å²) in [6.45, 7) is 13.3. The number of nitrogens with zero attached hydrogens (tertiary/aromatic N) is 2. The fourth-order valence-corrected chi connectivity index (χ4v) is 6.90. The van der Waals surface area contributed by atoms with Crippen LogP contribution in [0.3, 0.4) is 0 Å². The number of fused-ring (bicyclic) bond motifs is 5. The smallest absolute Gasteiger partial charge is 0.360 e. The number of hydrogen-bond donors (Lipinski definition) is 2. The van der Waals surface area contributed by atoms with Gasteiger partial charge in [-0.25, -0.2) is 19.6 Å². The van der Waals surface area contributed by atoms with E-state index in [2.05, 4.69) is 35.1 Å². The Kier molecular flexibility index (Phi) is 15.5. The van der Waals surface area contributed by atoms with Gasteiger partial charge in [-0.3, -0.25) is 0 Å². The molecule has 7 atom stereocenters. The maximum Gasteiger partial charge on any atom is 0.360 e. The van der Waals surface area contributed by atoms with Gasteiger partial charge in [-0.2, -0.15) is 0 Å². The summed E-state index contributed by atoms with van der Waals surface area (Å²) in [6, 6.07) is 0. The van der Waals surface area contributed by atoms with E-state index in [4.69, 9.17) is 13.9 Å². The van der Waals surface area contributed by atoms with E-state index in [9.17, 15) is 19.8 Å². The van der Waals surface area contributed by atoms with E-state index in [1.165, 1.54) is 17.6 Å². The second-order valence-electron chi connectivity index (χ2n) is 15.2. The molecule has 1 fully saturated rings. The van der Waals surface area contributed by atoms with Gasteiger partial charge in [-0.1, -0.05) is 126 Å².